The first-order valence-electron chi connectivity index (χ1n) is 17.9. The molecular formula is C35H69NO5S. The molecule has 1 amide bonds. The molecule has 0 aromatic carbocycles. The molecule has 2 atom stereocenters. The lowest BCUT2D eigenvalue weighted by Gasteiger charge is -2.23. The molecule has 0 heterocycles. The number of nitrogens with one attached hydrogen (secondary N) is 1. The molecule has 3 N–H and O–H groups in total. The summed E-state index contributed by atoms with van der Waals surface area (Å²) in [5, 5.41) is 13.3. The second-order valence-electron chi connectivity index (χ2n) is 12.5. The van der Waals surface area contributed by atoms with Gasteiger partial charge < -0.3 is 10.4 Å². The Kier molecular flexibility index (Phi) is 29.5. The van der Waals surface area contributed by atoms with Gasteiger partial charge in [-0.1, -0.05) is 154 Å². The Balaban J connectivity index is 3.94. The van der Waals surface area contributed by atoms with Gasteiger partial charge in [-0.2, -0.15) is 8.42 Å². The summed E-state index contributed by atoms with van der Waals surface area (Å²) in [4.78, 5) is 12.4. The summed E-state index contributed by atoms with van der Waals surface area (Å²) in [5.41, 5.74) is 0. The van der Waals surface area contributed by atoms with Crippen molar-refractivity contribution < 1.29 is 22.9 Å². The number of aliphatic hydroxyl groups is 1. The predicted octanol–water partition coefficient (Wildman–Crippen LogP) is 9.85. The Morgan fingerprint density at radius 1 is 0.619 bits per heavy atom. The lowest BCUT2D eigenvalue weighted by Crippen LogP contribution is -2.47. The average molecular weight is 616 g/mol. The molecule has 250 valence electrons. The number of rotatable bonds is 32. The molecule has 2 unspecified atom stereocenters. The Morgan fingerprint density at radius 2 is 1.00 bits per heavy atom. The quantitative estimate of drug-likeness (QED) is 0.0397. The third-order valence-corrected chi connectivity index (χ3v) is 9.00. The van der Waals surface area contributed by atoms with Crippen molar-refractivity contribution in [2.24, 2.45) is 0 Å². The Labute approximate surface area is 261 Å². The van der Waals surface area contributed by atoms with E-state index in [1.165, 1.54) is 109 Å². The maximum Gasteiger partial charge on any atom is 0.266 e. The molecule has 0 aliphatic heterocycles. The fraction of sp³-hybridized carbons (Fsp3) is 0.914. The van der Waals surface area contributed by atoms with Crippen LogP contribution >= 0.6 is 0 Å². The number of aliphatic hydroxyl groups excluding tert-OH is 1. The van der Waals surface area contributed by atoms with Crippen LogP contribution in [0.3, 0.4) is 0 Å². The van der Waals surface area contributed by atoms with Crippen molar-refractivity contribution >= 4 is 16.0 Å². The number of allylic oxidation sites excluding steroid dienone is 2. The smallest absolute Gasteiger partial charge is 0.266 e. The maximum atomic E-state index is 12.4. The van der Waals surface area contributed by atoms with E-state index in [4.69, 9.17) is 0 Å². The van der Waals surface area contributed by atoms with Gasteiger partial charge in [0.05, 0.1) is 17.9 Å². The zero-order valence-corrected chi connectivity index (χ0v) is 28.5. The van der Waals surface area contributed by atoms with Crippen molar-refractivity contribution in [3.63, 3.8) is 0 Å². The molecule has 0 rings (SSSR count). The summed E-state index contributed by atoms with van der Waals surface area (Å²) in [6.07, 6.45) is 34.4. The molecule has 6 nitrogen and oxygen atoms in total. The van der Waals surface area contributed by atoms with Crippen molar-refractivity contribution in [2.45, 2.75) is 199 Å². The van der Waals surface area contributed by atoms with Crippen molar-refractivity contribution in [1.29, 1.82) is 0 Å². The first kappa shape index (κ1) is 41.1. The summed E-state index contributed by atoms with van der Waals surface area (Å²) >= 11 is 0. The molecular weight excluding hydrogens is 546 g/mol. The van der Waals surface area contributed by atoms with Crippen molar-refractivity contribution in [3.8, 4) is 0 Å². The first-order chi connectivity index (χ1) is 20.3. The number of amides is 1. The molecule has 42 heavy (non-hydrogen) atoms. The van der Waals surface area contributed by atoms with E-state index >= 15 is 0 Å². The Morgan fingerprint density at radius 3 is 1.43 bits per heavy atom. The number of hydrogen-bond donors (Lipinski definition) is 3. The summed E-state index contributed by atoms with van der Waals surface area (Å²) in [6, 6.07) is -0.969. The number of unbranched alkanes of at least 4 members (excludes halogenated alkanes) is 22. The summed E-state index contributed by atoms with van der Waals surface area (Å²) in [7, 11) is -4.30. The average Bonchev–Trinajstić information content (AvgIpc) is 2.94. The highest BCUT2D eigenvalue weighted by molar-refractivity contribution is 7.85. The zero-order chi connectivity index (χ0) is 31.2. The van der Waals surface area contributed by atoms with Crippen LogP contribution in [-0.2, 0) is 14.9 Å². The lowest BCUT2D eigenvalue weighted by atomic mass is 10.0. The van der Waals surface area contributed by atoms with E-state index < -0.39 is 28.0 Å². The highest BCUT2D eigenvalue weighted by atomic mass is 32.2. The zero-order valence-electron chi connectivity index (χ0n) is 27.6. The van der Waals surface area contributed by atoms with Gasteiger partial charge in [0.25, 0.3) is 10.1 Å². The first-order valence-corrected chi connectivity index (χ1v) is 19.5. The lowest BCUT2D eigenvalue weighted by molar-refractivity contribution is -0.122. The van der Waals surface area contributed by atoms with Gasteiger partial charge in [0.15, 0.2) is 0 Å². The second-order valence-corrected chi connectivity index (χ2v) is 14.0. The predicted molar refractivity (Wildman–Crippen MR) is 180 cm³/mol. The number of hydrogen-bond acceptors (Lipinski definition) is 4. The molecule has 0 aliphatic carbocycles. The number of carbonyl (C=O) groups excluding carboxylic acids is 1. The van der Waals surface area contributed by atoms with Crippen LogP contribution in [0, 0.1) is 0 Å². The highest BCUT2D eigenvalue weighted by Crippen LogP contribution is 2.15. The summed E-state index contributed by atoms with van der Waals surface area (Å²) in [5.74, 6) is -0.903. The molecule has 0 saturated heterocycles. The molecule has 0 aromatic rings. The van der Waals surface area contributed by atoms with Crippen LogP contribution in [0.1, 0.15) is 187 Å². The van der Waals surface area contributed by atoms with Crippen LogP contribution in [0.15, 0.2) is 12.2 Å². The van der Waals surface area contributed by atoms with Gasteiger partial charge in [-0.05, 0) is 38.5 Å². The molecule has 0 aromatic heterocycles. The van der Waals surface area contributed by atoms with Crippen LogP contribution < -0.4 is 5.32 Å². The molecule has 0 saturated carbocycles. The van der Waals surface area contributed by atoms with Gasteiger partial charge in [0, 0.05) is 6.42 Å². The Bertz CT molecular complexity index is 725. The third kappa shape index (κ3) is 30.5. The normalized spacial score (nSPS) is 13.5. The van der Waals surface area contributed by atoms with Crippen molar-refractivity contribution in [2.75, 3.05) is 5.75 Å². The number of carbonyl (C=O) groups is 1. The molecule has 0 spiro atoms. The molecule has 7 heteroatoms. The van der Waals surface area contributed by atoms with Gasteiger partial charge in [-0.3, -0.25) is 9.35 Å². The van der Waals surface area contributed by atoms with E-state index in [1.807, 2.05) is 0 Å². The minimum atomic E-state index is -4.30. The standard InChI is InChI=1S/C35H69NO5S/c1-3-5-7-9-11-13-15-17-18-19-21-23-25-27-29-31-35(38)36-33(32-42(39,40)41)34(37)30-28-26-24-22-20-16-14-12-10-8-6-4-2/h17-18,33-34,37H,3-16,19-32H2,1-2H3,(H,36,38)(H,39,40,41)/b18-17-. The van der Waals surface area contributed by atoms with Crippen LogP contribution in [-0.4, -0.2) is 41.9 Å². The van der Waals surface area contributed by atoms with E-state index in [-0.39, 0.29) is 5.91 Å². The van der Waals surface area contributed by atoms with Gasteiger partial charge in [0.1, 0.15) is 0 Å². The largest absolute Gasteiger partial charge is 0.391 e. The van der Waals surface area contributed by atoms with Crippen LogP contribution in [0.5, 0.6) is 0 Å². The van der Waals surface area contributed by atoms with E-state index in [9.17, 15) is 22.9 Å². The molecule has 0 aliphatic rings. The van der Waals surface area contributed by atoms with E-state index in [0.717, 1.165) is 51.4 Å². The van der Waals surface area contributed by atoms with Crippen LogP contribution in [0.4, 0.5) is 0 Å². The van der Waals surface area contributed by atoms with Gasteiger partial charge in [0.2, 0.25) is 5.91 Å². The van der Waals surface area contributed by atoms with Crippen molar-refractivity contribution in [1.82, 2.24) is 5.32 Å². The summed E-state index contributed by atoms with van der Waals surface area (Å²) in [6.45, 7) is 4.49. The Hall–Kier alpha value is -0.920. The summed E-state index contributed by atoms with van der Waals surface area (Å²) < 4.78 is 32.3. The topological polar surface area (TPSA) is 104 Å². The minimum Gasteiger partial charge on any atom is -0.391 e. The van der Waals surface area contributed by atoms with Gasteiger partial charge in [-0.25, -0.2) is 0 Å². The third-order valence-electron chi connectivity index (χ3n) is 8.22. The fourth-order valence-electron chi connectivity index (χ4n) is 5.51. The monoisotopic (exact) mass is 615 g/mol. The van der Waals surface area contributed by atoms with E-state index in [1.54, 1.807) is 0 Å². The van der Waals surface area contributed by atoms with Crippen molar-refractivity contribution in [3.05, 3.63) is 12.2 Å². The van der Waals surface area contributed by atoms with E-state index in [0.29, 0.717) is 12.8 Å². The fourth-order valence-corrected chi connectivity index (χ4v) is 6.27. The molecule has 0 fully saturated rings. The van der Waals surface area contributed by atoms with Gasteiger partial charge >= 0.3 is 0 Å². The van der Waals surface area contributed by atoms with Crippen LogP contribution in [0.2, 0.25) is 0 Å². The SMILES string of the molecule is CCCCCCCC/C=C\CCCCCCCC(=O)NC(CS(=O)(=O)O)C(O)CCCCCCCCCCCCCC. The maximum absolute atomic E-state index is 12.4. The van der Waals surface area contributed by atoms with Gasteiger partial charge in [-0.15, -0.1) is 0 Å². The minimum absolute atomic E-state index is 0.255. The molecule has 0 bridgehead atoms. The molecule has 0 radical (unpaired) electrons. The van der Waals surface area contributed by atoms with Crippen LogP contribution in [0.25, 0.3) is 0 Å². The second kappa shape index (κ2) is 30.1. The highest BCUT2D eigenvalue weighted by Gasteiger charge is 2.26. The van der Waals surface area contributed by atoms with E-state index in [2.05, 4.69) is 31.3 Å².